The Hall–Kier alpha value is -2.43. The highest BCUT2D eigenvalue weighted by Crippen LogP contribution is 2.23. The first-order chi connectivity index (χ1) is 10.2. The van der Waals surface area contributed by atoms with Gasteiger partial charge >= 0.3 is 0 Å². The summed E-state index contributed by atoms with van der Waals surface area (Å²) in [6.45, 7) is 2.23. The molecule has 0 fully saturated rings. The number of carbonyl (C=O) groups is 1. The maximum Gasteiger partial charge on any atom is 0.227 e. The molecule has 1 aromatic heterocycles. The van der Waals surface area contributed by atoms with Gasteiger partial charge in [-0.15, -0.1) is 0 Å². The van der Waals surface area contributed by atoms with Crippen LogP contribution in [0.2, 0.25) is 0 Å². The number of aromatic nitrogens is 2. The van der Waals surface area contributed by atoms with E-state index < -0.39 is 0 Å². The number of amides is 1. The molecule has 1 aliphatic rings. The van der Waals surface area contributed by atoms with Crippen LogP contribution < -0.4 is 4.90 Å². The lowest BCUT2D eigenvalue weighted by Gasteiger charge is -2.21. The Labute approximate surface area is 124 Å². The Kier molecular flexibility index (Phi) is 3.81. The van der Waals surface area contributed by atoms with Gasteiger partial charge in [0.2, 0.25) is 5.91 Å². The van der Waals surface area contributed by atoms with E-state index in [0.29, 0.717) is 13.0 Å². The van der Waals surface area contributed by atoms with Gasteiger partial charge in [-0.2, -0.15) is 0 Å². The average Bonchev–Trinajstić information content (AvgIpc) is 2.68. The van der Waals surface area contributed by atoms with Gasteiger partial charge in [0, 0.05) is 44.8 Å². The van der Waals surface area contributed by atoms with Crippen molar-refractivity contribution in [2.45, 2.75) is 13.0 Å². The summed E-state index contributed by atoms with van der Waals surface area (Å²) in [5.74, 6) is 0.120. The van der Waals surface area contributed by atoms with Crippen molar-refractivity contribution in [1.82, 2.24) is 14.9 Å². The Morgan fingerprint density at radius 2 is 1.95 bits per heavy atom. The molecular formula is C16H18N4O. The summed E-state index contributed by atoms with van der Waals surface area (Å²) in [7, 11) is 2.07. The predicted octanol–water partition coefficient (Wildman–Crippen LogP) is 1.50. The zero-order valence-electron chi connectivity index (χ0n) is 12.1. The minimum Gasteiger partial charge on any atom is -0.373 e. The Morgan fingerprint density at radius 1 is 1.19 bits per heavy atom. The number of benzene rings is 1. The molecule has 0 N–H and O–H groups in total. The normalized spacial score (nSPS) is 14.5. The van der Waals surface area contributed by atoms with E-state index in [0.717, 1.165) is 18.7 Å². The molecule has 0 unspecified atom stereocenters. The molecule has 108 valence electrons. The average molecular weight is 282 g/mol. The number of carbonyl (C=O) groups excluding carboxylic acids is 1. The molecule has 0 saturated heterocycles. The molecule has 1 amide bonds. The van der Waals surface area contributed by atoms with Gasteiger partial charge in [-0.1, -0.05) is 18.2 Å². The lowest BCUT2D eigenvalue weighted by molar-refractivity contribution is -0.130. The molecule has 5 nitrogen and oxygen atoms in total. The van der Waals surface area contributed by atoms with E-state index >= 15 is 0 Å². The zero-order valence-corrected chi connectivity index (χ0v) is 12.1. The van der Waals surface area contributed by atoms with Crippen LogP contribution in [0.3, 0.4) is 0 Å². The van der Waals surface area contributed by atoms with Gasteiger partial charge in [-0.05, 0) is 17.2 Å². The summed E-state index contributed by atoms with van der Waals surface area (Å²) in [5.41, 5.74) is 3.25. The number of anilines is 1. The quantitative estimate of drug-likeness (QED) is 0.837. The van der Waals surface area contributed by atoms with Gasteiger partial charge in [-0.25, -0.2) is 9.97 Å². The van der Waals surface area contributed by atoms with Gasteiger partial charge in [0.1, 0.15) is 6.33 Å². The Balaban J connectivity index is 1.76. The second-order valence-electron chi connectivity index (χ2n) is 5.29. The van der Waals surface area contributed by atoms with Gasteiger partial charge in [0.05, 0.1) is 6.42 Å². The van der Waals surface area contributed by atoms with Crippen molar-refractivity contribution in [2.75, 3.05) is 25.0 Å². The summed E-state index contributed by atoms with van der Waals surface area (Å²) < 4.78 is 0. The summed E-state index contributed by atoms with van der Waals surface area (Å²) in [4.78, 5) is 24.5. The second kappa shape index (κ2) is 5.91. The standard InChI is InChI=1S/C16H18N4O/c1-19-6-7-20(11-14-4-2-3-5-15(14)19)16(21)8-13-9-17-12-18-10-13/h2-5,9-10,12H,6-8,11H2,1H3. The molecule has 0 radical (unpaired) electrons. The van der Waals surface area contributed by atoms with Gasteiger partial charge < -0.3 is 9.80 Å². The van der Waals surface area contributed by atoms with E-state index in [4.69, 9.17) is 0 Å². The van der Waals surface area contributed by atoms with Crippen LogP contribution in [-0.4, -0.2) is 40.9 Å². The first kappa shape index (κ1) is 13.5. The van der Waals surface area contributed by atoms with E-state index in [-0.39, 0.29) is 5.91 Å². The molecule has 1 aromatic carbocycles. The van der Waals surface area contributed by atoms with Crippen LogP contribution in [0.5, 0.6) is 0 Å². The third-order valence-electron chi connectivity index (χ3n) is 3.79. The van der Waals surface area contributed by atoms with Crippen molar-refractivity contribution < 1.29 is 4.79 Å². The van der Waals surface area contributed by atoms with Gasteiger partial charge in [0.15, 0.2) is 0 Å². The minimum absolute atomic E-state index is 0.120. The van der Waals surface area contributed by atoms with E-state index in [2.05, 4.69) is 34.0 Å². The van der Waals surface area contributed by atoms with Crippen molar-refractivity contribution in [3.8, 4) is 0 Å². The molecule has 0 spiro atoms. The van der Waals surface area contributed by atoms with Crippen molar-refractivity contribution in [1.29, 1.82) is 0 Å². The predicted molar refractivity (Wildman–Crippen MR) is 80.9 cm³/mol. The number of fused-ring (bicyclic) bond motifs is 1. The highest BCUT2D eigenvalue weighted by atomic mass is 16.2. The topological polar surface area (TPSA) is 49.3 Å². The summed E-state index contributed by atoms with van der Waals surface area (Å²) in [6.07, 6.45) is 5.23. The lowest BCUT2D eigenvalue weighted by Crippen LogP contribution is -2.35. The first-order valence-electron chi connectivity index (χ1n) is 7.05. The Morgan fingerprint density at radius 3 is 2.76 bits per heavy atom. The molecule has 21 heavy (non-hydrogen) atoms. The van der Waals surface area contributed by atoms with E-state index in [1.54, 1.807) is 12.4 Å². The van der Waals surface area contributed by atoms with Crippen LogP contribution in [0.15, 0.2) is 43.0 Å². The summed E-state index contributed by atoms with van der Waals surface area (Å²) in [6, 6.07) is 8.25. The number of nitrogens with zero attached hydrogens (tertiary/aromatic N) is 4. The SMILES string of the molecule is CN1CCN(C(=O)Cc2cncnc2)Cc2ccccc21. The van der Waals surface area contributed by atoms with Crippen LogP contribution in [-0.2, 0) is 17.8 Å². The monoisotopic (exact) mass is 282 g/mol. The van der Waals surface area contributed by atoms with Gasteiger partial charge in [-0.3, -0.25) is 4.79 Å². The van der Waals surface area contributed by atoms with Crippen molar-refractivity contribution in [3.05, 3.63) is 54.1 Å². The van der Waals surface area contributed by atoms with Crippen LogP contribution in [0.1, 0.15) is 11.1 Å². The number of hydrogen-bond donors (Lipinski definition) is 0. The molecule has 0 atom stereocenters. The molecule has 3 rings (SSSR count). The molecular weight excluding hydrogens is 264 g/mol. The third-order valence-corrected chi connectivity index (χ3v) is 3.79. The number of para-hydroxylation sites is 1. The Bertz CT molecular complexity index is 629. The van der Waals surface area contributed by atoms with Crippen LogP contribution in [0.25, 0.3) is 0 Å². The fraction of sp³-hybridized carbons (Fsp3) is 0.312. The second-order valence-corrected chi connectivity index (χ2v) is 5.29. The molecule has 0 aliphatic carbocycles. The maximum absolute atomic E-state index is 12.5. The van der Waals surface area contributed by atoms with Crippen LogP contribution >= 0.6 is 0 Å². The van der Waals surface area contributed by atoms with Crippen LogP contribution in [0, 0.1) is 0 Å². The summed E-state index contributed by atoms with van der Waals surface area (Å²) >= 11 is 0. The molecule has 2 heterocycles. The molecule has 0 bridgehead atoms. The minimum atomic E-state index is 0.120. The lowest BCUT2D eigenvalue weighted by atomic mass is 10.1. The fourth-order valence-electron chi connectivity index (χ4n) is 2.61. The maximum atomic E-state index is 12.5. The molecule has 1 aliphatic heterocycles. The van der Waals surface area contributed by atoms with Gasteiger partial charge in [0.25, 0.3) is 0 Å². The van der Waals surface area contributed by atoms with E-state index in [1.807, 2.05) is 17.0 Å². The van der Waals surface area contributed by atoms with Crippen molar-refractivity contribution in [3.63, 3.8) is 0 Å². The van der Waals surface area contributed by atoms with E-state index in [9.17, 15) is 4.79 Å². The molecule has 2 aromatic rings. The molecule has 5 heteroatoms. The van der Waals surface area contributed by atoms with E-state index in [1.165, 1.54) is 17.6 Å². The fourth-order valence-corrected chi connectivity index (χ4v) is 2.61. The highest BCUT2D eigenvalue weighted by molar-refractivity contribution is 5.79. The number of hydrogen-bond acceptors (Lipinski definition) is 4. The summed E-state index contributed by atoms with van der Waals surface area (Å²) in [5, 5.41) is 0. The largest absolute Gasteiger partial charge is 0.373 e. The van der Waals surface area contributed by atoms with Crippen LogP contribution in [0.4, 0.5) is 5.69 Å². The van der Waals surface area contributed by atoms with Crippen molar-refractivity contribution in [2.24, 2.45) is 0 Å². The molecule has 0 saturated carbocycles. The third kappa shape index (κ3) is 3.02. The number of rotatable bonds is 2. The first-order valence-corrected chi connectivity index (χ1v) is 7.05. The zero-order chi connectivity index (χ0) is 14.7. The number of likely N-dealkylation sites (N-methyl/N-ethyl adjacent to an activating group) is 1. The smallest absolute Gasteiger partial charge is 0.227 e. The highest BCUT2D eigenvalue weighted by Gasteiger charge is 2.21. The van der Waals surface area contributed by atoms with Crippen molar-refractivity contribution >= 4 is 11.6 Å².